The maximum Gasteiger partial charge on any atom is 0.123 e. The lowest BCUT2D eigenvalue weighted by molar-refractivity contribution is 0.243. The molecule has 1 saturated carbocycles. The molecule has 17 heavy (non-hydrogen) atoms. The molecular formula is C14H20FNO. The van der Waals surface area contributed by atoms with Gasteiger partial charge in [0.05, 0.1) is 0 Å². The Bertz CT molecular complexity index is 359. The van der Waals surface area contributed by atoms with Gasteiger partial charge in [-0.15, -0.1) is 0 Å². The molecule has 0 heterocycles. The van der Waals surface area contributed by atoms with E-state index in [0.29, 0.717) is 5.41 Å². The molecule has 2 nitrogen and oxygen atoms in total. The second kappa shape index (κ2) is 5.15. The zero-order valence-corrected chi connectivity index (χ0v) is 10.2. The van der Waals surface area contributed by atoms with Gasteiger partial charge in [-0.3, -0.25) is 0 Å². The summed E-state index contributed by atoms with van der Waals surface area (Å²) in [6.07, 6.45) is 3.30. The molecule has 1 unspecified atom stereocenters. The lowest BCUT2D eigenvalue weighted by Crippen LogP contribution is -2.27. The van der Waals surface area contributed by atoms with Crippen LogP contribution >= 0.6 is 0 Å². The van der Waals surface area contributed by atoms with Crippen LogP contribution in [-0.4, -0.2) is 18.3 Å². The summed E-state index contributed by atoms with van der Waals surface area (Å²) in [6, 6.07) is 6.85. The van der Waals surface area contributed by atoms with Crippen LogP contribution in [0.1, 0.15) is 37.8 Å². The molecule has 0 spiro atoms. The number of hydrogen-bond acceptors (Lipinski definition) is 2. The number of hydrogen-bond donors (Lipinski definition) is 2. The molecule has 1 fully saturated rings. The molecule has 1 aromatic rings. The maximum absolute atomic E-state index is 12.8. The fraction of sp³-hybridized carbons (Fsp3) is 0.571. The zero-order valence-electron chi connectivity index (χ0n) is 10.2. The number of aliphatic hydroxyl groups is 1. The Kier molecular flexibility index (Phi) is 3.79. The van der Waals surface area contributed by atoms with Gasteiger partial charge in [-0.1, -0.05) is 12.1 Å². The van der Waals surface area contributed by atoms with Crippen LogP contribution in [0.15, 0.2) is 24.3 Å². The van der Waals surface area contributed by atoms with Crippen molar-refractivity contribution in [3.8, 4) is 0 Å². The predicted octanol–water partition coefficient (Wildman–Crippen LogP) is 2.64. The Morgan fingerprint density at radius 1 is 1.35 bits per heavy atom. The Labute approximate surface area is 102 Å². The quantitative estimate of drug-likeness (QED) is 0.797. The molecule has 1 aliphatic carbocycles. The average molecular weight is 237 g/mol. The summed E-state index contributed by atoms with van der Waals surface area (Å²) in [4.78, 5) is 0. The molecule has 0 saturated heterocycles. The van der Waals surface area contributed by atoms with E-state index in [1.54, 1.807) is 0 Å². The van der Waals surface area contributed by atoms with E-state index in [1.165, 1.54) is 25.0 Å². The van der Waals surface area contributed by atoms with Crippen molar-refractivity contribution in [3.63, 3.8) is 0 Å². The molecule has 2 N–H and O–H groups in total. The van der Waals surface area contributed by atoms with E-state index < -0.39 is 0 Å². The van der Waals surface area contributed by atoms with Crippen molar-refractivity contribution in [2.45, 2.75) is 32.2 Å². The van der Waals surface area contributed by atoms with Crippen molar-refractivity contribution in [3.05, 3.63) is 35.6 Å². The average Bonchev–Trinajstić information content (AvgIpc) is 3.08. The largest absolute Gasteiger partial charge is 0.396 e. The number of benzene rings is 1. The SMILES string of the molecule is CC(NCC1(CCO)CC1)c1ccc(F)cc1. The van der Waals surface area contributed by atoms with E-state index in [-0.39, 0.29) is 18.5 Å². The molecule has 1 aliphatic rings. The van der Waals surface area contributed by atoms with Gasteiger partial charge < -0.3 is 10.4 Å². The van der Waals surface area contributed by atoms with Crippen molar-refractivity contribution < 1.29 is 9.50 Å². The fourth-order valence-electron chi connectivity index (χ4n) is 2.17. The van der Waals surface area contributed by atoms with Crippen LogP contribution in [0.5, 0.6) is 0 Å². The summed E-state index contributed by atoms with van der Waals surface area (Å²) in [6.45, 7) is 3.29. The summed E-state index contributed by atoms with van der Waals surface area (Å²) in [5, 5.41) is 12.5. The molecular weight excluding hydrogens is 217 g/mol. The standard InChI is InChI=1S/C14H20FNO/c1-11(12-2-4-13(15)5-3-12)16-10-14(6-7-14)8-9-17/h2-5,11,16-17H,6-10H2,1H3. The number of nitrogens with one attached hydrogen (secondary N) is 1. The molecule has 0 radical (unpaired) electrons. The van der Waals surface area contributed by atoms with Crippen LogP contribution in [0.2, 0.25) is 0 Å². The Morgan fingerprint density at radius 3 is 2.53 bits per heavy atom. The minimum Gasteiger partial charge on any atom is -0.396 e. The maximum atomic E-state index is 12.8. The summed E-state index contributed by atoms with van der Waals surface area (Å²) in [7, 11) is 0. The molecule has 3 heteroatoms. The smallest absolute Gasteiger partial charge is 0.123 e. The lowest BCUT2D eigenvalue weighted by Gasteiger charge is -2.19. The zero-order chi connectivity index (χ0) is 12.3. The van der Waals surface area contributed by atoms with E-state index >= 15 is 0 Å². The molecule has 0 bridgehead atoms. The molecule has 1 aromatic carbocycles. The van der Waals surface area contributed by atoms with Gasteiger partial charge in [-0.2, -0.15) is 0 Å². The van der Waals surface area contributed by atoms with E-state index in [4.69, 9.17) is 5.11 Å². The van der Waals surface area contributed by atoms with Crippen molar-refractivity contribution in [1.82, 2.24) is 5.32 Å². The van der Waals surface area contributed by atoms with Crippen LogP contribution in [-0.2, 0) is 0 Å². The van der Waals surface area contributed by atoms with E-state index in [2.05, 4.69) is 12.2 Å². The molecule has 2 rings (SSSR count). The van der Waals surface area contributed by atoms with E-state index in [9.17, 15) is 4.39 Å². The van der Waals surface area contributed by atoms with Crippen molar-refractivity contribution in [2.75, 3.05) is 13.2 Å². The van der Waals surface area contributed by atoms with Crippen molar-refractivity contribution in [1.29, 1.82) is 0 Å². The van der Waals surface area contributed by atoms with Gasteiger partial charge in [-0.05, 0) is 49.3 Å². The Morgan fingerprint density at radius 2 is 2.00 bits per heavy atom. The van der Waals surface area contributed by atoms with Gasteiger partial charge in [0, 0.05) is 19.2 Å². The first-order chi connectivity index (χ1) is 8.15. The molecule has 0 aliphatic heterocycles. The van der Waals surface area contributed by atoms with Gasteiger partial charge in [0.25, 0.3) is 0 Å². The minimum absolute atomic E-state index is 0.195. The van der Waals surface area contributed by atoms with Crippen molar-refractivity contribution >= 4 is 0 Å². The van der Waals surface area contributed by atoms with Crippen LogP contribution in [0, 0.1) is 11.2 Å². The molecule has 0 aromatic heterocycles. The highest BCUT2D eigenvalue weighted by molar-refractivity contribution is 5.19. The third-order valence-corrected chi connectivity index (χ3v) is 3.75. The third-order valence-electron chi connectivity index (χ3n) is 3.75. The van der Waals surface area contributed by atoms with Crippen molar-refractivity contribution in [2.24, 2.45) is 5.41 Å². The molecule has 0 amide bonds. The summed E-state index contributed by atoms with van der Waals surface area (Å²) >= 11 is 0. The monoisotopic (exact) mass is 237 g/mol. The number of rotatable bonds is 6. The van der Waals surface area contributed by atoms with Crippen LogP contribution in [0.3, 0.4) is 0 Å². The summed E-state index contributed by atoms with van der Waals surface area (Å²) in [5.41, 5.74) is 1.43. The first kappa shape index (κ1) is 12.5. The Balaban J connectivity index is 1.85. The minimum atomic E-state index is -0.195. The van der Waals surface area contributed by atoms with Gasteiger partial charge in [0.1, 0.15) is 5.82 Å². The summed E-state index contributed by atoms with van der Waals surface area (Å²) < 4.78 is 12.8. The molecule has 1 atom stereocenters. The fourth-order valence-corrected chi connectivity index (χ4v) is 2.17. The first-order valence-corrected chi connectivity index (χ1v) is 6.25. The van der Waals surface area contributed by atoms with Crippen LogP contribution in [0.25, 0.3) is 0 Å². The van der Waals surface area contributed by atoms with Gasteiger partial charge in [-0.25, -0.2) is 4.39 Å². The normalized spacial score (nSPS) is 19.0. The summed E-state index contributed by atoms with van der Waals surface area (Å²) in [5.74, 6) is -0.195. The second-order valence-corrected chi connectivity index (χ2v) is 5.13. The predicted molar refractivity (Wildman–Crippen MR) is 66.2 cm³/mol. The van der Waals surface area contributed by atoms with Gasteiger partial charge in [0.2, 0.25) is 0 Å². The first-order valence-electron chi connectivity index (χ1n) is 6.25. The number of aliphatic hydroxyl groups excluding tert-OH is 1. The van der Waals surface area contributed by atoms with Gasteiger partial charge in [0.15, 0.2) is 0 Å². The number of halogens is 1. The Hall–Kier alpha value is -0.930. The van der Waals surface area contributed by atoms with E-state index in [0.717, 1.165) is 18.5 Å². The highest BCUT2D eigenvalue weighted by atomic mass is 19.1. The second-order valence-electron chi connectivity index (χ2n) is 5.13. The highest BCUT2D eigenvalue weighted by Crippen LogP contribution is 2.48. The lowest BCUT2D eigenvalue weighted by atomic mass is 10.0. The topological polar surface area (TPSA) is 32.3 Å². The molecule has 94 valence electrons. The van der Waals surface area contributed by atoms with Crippen LogP contribution in [0.4, 0.5) is 4.39 Å². The van der Waals surface area contributed by atoms with E-state index in [1.807, 2.05) is 12.1 Å². The van der Waals surface area contributed by atoms with Crippen LogP contribution < -0.4 is 5.32 Å². The van der Waals surface area contributed by atoms with Gasteiger partial charge >= 0.3 is 0 Å². The highest BCUT2D eigenvalue weighted by Gasteiger charge is 2.41. The third kappa shape index (κ3) is 3.27.